The van der Waals surface area contributed by atoms with Gasteiger partial charge >= 0.3 is 0 Å². The first kappa shape index (κ1) is 13.2. The van der Waals surface area contributed by atoms with Crippen molar-refractivity contribution in [1.29, 1.82) is 0 Å². The SMILES string of the molecule is CCC(NCc1ncn(C)n1)c1ccc(Br)cc1. The highest BCUT2D eigenvalue weighted by atomic mass is 79.9. The topological polar surface area (TPSA) is 42.7 Å². The Morgan fingerprint density at radius 3 is 2.61 bits per heavy atom. The summed E-state index contributed by atoms with van der Waals surface area (Å²) in [7, 11) is 1.88. The van der Waals surface area contributed by atoms with Crippen molar-refractivity contribution < 1.29 is 0 Å². The molecular weight excluding hydrogens is 292 g/mol. The van der Waals surface area contributed by atoms with Crippen LogP contribution in [0.1, 0.15) is 30.8 Å². The molecule has 18 heavy (non-hydrogen) atoms. The summed E-state index contributed by atoms with van der Waals surface area (Å²) in [6.45, 7) is 2.86. The first-order valence-corrected chi connectivity index (χ1v) is 6.81. The number of hydrogen-bond acceptors (Lipinski definition) is 3. The zero-order valence-electron chi connectivity index (χ0n) is 10.6. The van der Waals surface area contributed by atoms with Crippen LogP contribution in [0.15, 0.2) is 35.1 Å². The van der Waals surface area contributed by atoms with E-state index in [0.717, 1.165) is 16.7 Å². The Labute approximate surface area is 116 Å². The standard InChI is InChI=1S/C13H17BrN4/c1-3-12(10-4-6-11(14)7-5-10)15-8-13-16-9-18(2)17-13/h4-7,9,12,15H,3,8H2,1-2H3. The first-order valence-electron chi connectivity index (χ1n) is 6.02. The lowest BCUT2D eigenvalue weighted by molar-refractivity contribution is 0.507. The molecule has 0 saturated carbocycles. The average molecular weight is 309 g/mol. The summed E-state index contributed by atoms with van der Waals surface area (Å²) in [6, 6.07) is 8.74. The predicted molar refractivity (Wildman–Crippen MR) is 75.0 cm³/mol. The van der Waals surface area contributed by atoms with Gasteiger partial charge in [-0.1, -0.05) is 35.0 Å². The molecule has 1 N–H and O–H groups in total. The smallest absolute Gasteiger partial charge is 0.164 e. The van der Waals surface area contributed by atoms with Crippen LogP contribution in [0.2, 0.25) is 0 Å². The van der Waals surface area contributed by atoms with Crippen molar-refractivity contribution in [2.45, 2.75) is 25.9 Å². The van der Waals surface area contributed by atoms with Crippen LogP contribution in [-0.2, 0) is 13.6 Å². The van der Waals surface area contributed by atoms with Crippen molar-refractivity contribution in [3.8, 4) is 0 Å². The number of halogens is 1. The van der Waals surface area contributed by atoms with E-state index in [9.17, 15) is 0 Å². The van der Waals surface area contributed by atoms with Gasteiger partial charge < -0.3 is 5.32 Å². The lowest BCUT2D eigenvalue weighted by Crippen LogP contribution is -2.21. The molecule has 1 heterocycles. The fourth-order valence-corrected chi connectivity index (χ4v) is 2.14. The van der Waals surface area contributed by atoms with Gasteiger partial charge in [0.05, 0.1) is 6.54 Å². The maximum Gasteiger partial charge on any atom is 0.164 e. The average Bonchev–Trinajstić information content (AvgIpc) is 2.78. The van der Waals surface area contributed by atoms with Crippen molar-refractivity contribution in [2.75, 3.05) is 0 Å². The molecule has 1 aromatic heterocycles. The van der Waals surface area contributed by atoms with Crippen LogP contribution >= 0.6 is 15.9 Å². The lowest BCUT2D eigenvalue weighted by Gasteiger charge is -2.16. The maximum atomic E-state index is 4.26. The highest BCUT2D eigenvalue weighted by molar-refractivity contribution is 9.10. The van der Waals surface area contributed by atoms with Crippen LogP contribution in [-0.4, -0.2) is 14.8 Å². The van der Waals surface area contributed by atoms with Gasteiger partial charge in [-0.25, -0.2) is 4.98 Å². The molecule has 96 valence electrons. The van der Waals surface area contributed by atoms with Gasteiger partial charge in [-0.3, -0.25) is 4.68 Å². The summed E-state index contributed by atoms with van der Waals surface area (Å²) in [5.74, 6) is 0.827. The van der Waals surface area contributed by atoms with Crippen LogP contribution in [0, 0.1) is 0 Å². The predicted octanol–water partition coefficient (Wildman–Crippen LogP) is 2.82. The molecule has 0 fully saturated rings. The molecule has 1 atom stereocenters. The second-order valence-electron chi connectivity index (χ2n) is 4.23. The number of hydrogen-bond donors (Lipinski definition) is 1. The van der Waals surface area contributed by atoms with E-state index < -0.39 is 0 Å². The Hall–Kier alpha value is -1.20. The number of aromatic nitrogens is 3. The van der Waals surface area contributed by atoms with Gasteiger partial charge in [0.1, 0.15) is 6.33 Å². The Balaban J connectivity index is 1.99. The van der Waals surface area contributed by atoms with E-state index in [1.54, 1.807) is 11.0 Å². The normalized spacial score (nSPS) is 12.6. The third kappa shape index (κ3) is 3.40. The van der Waals surface area contributed by atoms with Gasteiger partial charge in [0, 0.05) is 17.6 Å². The molecule has 0 aliphatic heterocycles. The molecule has 2 rings (SSSR count). The van der Waals surface area contributed by atoms with Crippen LogP contribution < -0.4 is 5.32 Å². The van der Waals surface area contributed by atoms with Gasteiger partial charge in [-0.2, -0.15) is 5.10 Å². The molecule has 5 heteroatoms. The van der Waals surface area contributed by atoms with Crippen molar-refractivity contribution in [2.24, 2.45) is 7.05 Å². The molecule has 1 unspecified atom stereocenters. The van der Waals surface area contributed by atoms with Crippen molar-refractivity contribution in [3.63, 3.8) is 0 Å². The third-order valence-electron chi connectivity index (χ3n) is 2.83. The van der Waals surface area contributed by atoms with E-state index >= 15 is 0 Å². The Kier molecular flexibility index (Phi) is 4.49. The number of aryl methyl sites for hydroxylation is 1. The fraction of sp³-hybridized carbons (Fsp3) is 0.385. The minimum Gasteiger partial charge on any atom is -0.303 e. The largest absolute Gasteiger partial charge is 0.303 e. The molecule has 0 radical (unpaired) electrons. The van der Waals surface area contributed by atoms with E-state index in [4.69, 9.17) is 0 Å². The van der Waals surface area contributed by atoms with Crippen molar-refractivity contribution >= 4 is 15.9 Å². The summed E-state index contributed by atoms with van der Waals surface area (Å²) in [6.07, 6.45) is 2.76. The summed E-state index contributed by atoms with van der Waals surface area (Å²) in [5.41, 5.74) is 1.29. The second kappa shape index (κ2) is 6.11. The number of benzene rings is 1. The van der Waals surface area contributed by atoms with Crippen LogP contribution in [0.5, 0.6) is 0 Å². The summed E-state index contributed by atoms with van der Waals surface area (Å²) >= 11 is 3.45. The highest BCUT2D eigenvalue weighted by Crippen LogP contribution is 2.19. The molecule has 2 aromatic rings. The maximum absolute atomic E-state index is 4.26. The van der Waals surface area contributed by atoms with E-state index in [1.807, 2.05) is 7.05 Å². The zero-order chi connectivity index (χ0) is 13.0. The zero-order valence-corrected chi connectivity index (χ0v) is 12.2. The monoisotopic (exact) mass is 308 g/mol. The van der Waals surface area contributed by atoms with Crippen LogP contribution in [0.25, 0.3) is 0 Å². The Bertz CT molecular complexity index is 492. The molecule has 0 amide bonds. The van der Waals surface area contributed by atoms with Gasteiger partial charge in [-0.05, 0) is 24.1 Å². The Morgan fingerprint density at radius 1 is 1.33 bits per heavy atom. The molecule has 0 saturated heterocycles. The lowest BCUT2D eigenvalue weighted by atomic mass is 10.0. The van der Waals surface area contributed by atoms with Crippen molar-refractivity contribution in [3.05, 3.63) is 46.5 Å². The van der Waals surface area contributed by atoms with E-state index in [2.05, 4.69) is 62.5 Å². The molecule has 0 bridgehead atoms. The highest BCUT2D eigenvalue weighted by Gasteiger charge is 2.09. The van der Waals surface area contributed by atoms with Crippen molar-refractivity contribution in [1.82, 2.24) is 20.1 Å². The van der Waals surface area contributed by atoms with Crippen LogP contribution in [0.4, 0.5) is 0 Å². The summed E-state index contributed by atoms with van der Waals surface area (Å²) in [5, 5.41) is 7.74. The van der Waals surface area contributed by atoms with Gasteiger partial charge in [0.15, 0.2) is 5.82 Å². The molecule has 4 nitrogen and oxygen atoms in total. The Morgan fingerprint density at radius 2 is 2.06 bits per heavy atom. The van der Waals surface area contributed by atoms with E-state index in [-0.39, 0.29) is 0 Å². The van der Waals surface area contributed by atoms with Crippen LogP contribution in [0.3, 0.4) is 0 Å². The first-order chi connectivity index (χ1) is 8.69. The van der Waals surface area contributed by atoms with E-state index in [0.29, 0.717) is 12.6 Å². The van der Waals surface area contributed by atoms with Gasteiger partial charge in [0.25, 0.3) is 0 Å². The number of nitrogens with one attached hydrogen (secondary N) is 1. The summed E-state index contributed by atoms with van der Waals surface area (Å²) < 4.78 is 2.82. The van der Waals surface area contributed by atoms with Gasteiger partial charge in [-0.15, -0.1) is 0 Å². The molecule has 0 aliphatic rings. The quantitative estimate of drug-likeness (QED) is 0.923. The molecule has 1 aromatic carbocycles. The molecule has 0 spiro atoms. The minimum atomic E-state index is 0.335. The second-order valence-corrected chi connectivity index (χ2v) is 5.14. The number of rotatable bonds is 5. The molecule has 0 aliphatic carbocycles. The summed E-state index contributed by atoms with van der Waals surface area (Å²) in [4.78, 5) is 4.21. The van der Waals surface area contributed by atoms with E-state index in [1.165, 1.54) is 5.56 Å². The fourth-order valence-electron chi connectivity index (χ4n) is 1.87. The van der Waals surface area contributed by atoms with Gasteiger partial charge in [0.2, 0.25) is 0 Å². The number of nitrogens with zero attached hydrogens (tertiary/aromatic N) is 3. The molecular formula is C13H17BrN4. The minimum absolute atomic E-state index is 0.335. The third-order valence-corrected chi connectivity index (χ3v) is 3.36.